The Kier molecular flexibility index (Phi) is 6.52. The van der Waals surface area contributed by atoms with Crippen molar-refractivity contribution in [2.24, 2.45) is 16.1 Å². The van der Waals surface area contributed by atoms with Crippen LogP contribution in [0.15, 0.2) is 10.2 Å². The van der Waals surface area contributed by atoms with E-state index >= 15 is 0 Å². The summed E-state index contributed by atoms with van der Waals surface area (Å²) in [6, 6.07) is -2.10. The van der Waals surface area contributed by atoms with Crippen molar-refractivity contribution in [3.8, 4) is 0 Å². The standard InChI is InChI=1S/C9H10Cl3F2N7O2/c1-3-4(2-18-20-16)22-6(23-7(15)9(10,11)12)5(19-21-17)8(3,13)14/h3-6,15H,2H2,1H3/t3-,4-,5+,6+/m1/s1. The minimum Gasteiger partial charge on any atom is -0.447 e. The number of nitrogens with one attached hydrogen (secondary N) is 1. The first-order valence-corrected chi connectivity index (χ1v) is 7.09. The molecule has 0 aliphatic carbocycles. The van der Waals surface area contributed by atoms with E-state index < -0.39 is 46.5 Å². The van der Waals surface area contributed by atoms with E-state index in [1.54, 1.807) is 0 Å². The maximum Gasteiger partial charge on any atom is 0.267 e. The summed E-state index contributed by atoms with van der Waals surface area (Å²) in [5, 5.41) is 13.6. The van der Waals surface area contributed by atoms with Crippen LogP contribution in [-0.2, 0) is 9.47 Å². The van der Waals surface area contributed by atoms with Gasteiger partial charge < -0.3 is 9.47 Å². The lowest BCUT2D eigenvalue weighted by molar-refractivity contribution is -0.263. The monoisotopic (exact) mass is 391 g/mol. The van der Waals surface area contributed by atoms with Crippen LogP contribution < -0.4 is 0 Å². The molecule has 1 fully saturated rings. The number of hydrogen-bond acceptors (Lipinski definition) is 5. The van der Waals surface area contributed by atoms with Gasteiger partial charge in [-0.2, -0.15) is 0 Å². The topological polar surface area (TPSA) is 140 Å². The van der Waals surface area contributed by atoms with E-state index in [0.29, 0.717) is 0 Å². The van der Waals surface area contributed by atoms with E-state index in [2.05, 4.69) is 20.1 Å². The third-order valence-corrected chi connectivity index (χ3v) is 3.63. The Morgan fingerprint density at radius 2 is 2.00 bits per heavy atom. The molecular formula is C9H10Cl3F2N7O2. The van der Waals surface area contributed by atoms with Crippen LogP contribution >= 0.6 is 34.8 Å². The fourth-order valence-electron chi connectivity index (χ4n) is 1.84. The van der Waals surface area contributed by atoms with Gasteiger partial charge in [0.25, 0.3) is 9.72 Å². The van der Waals surface area contributed by atoms with Crippen LogP contribution in [0.1, 0.15) is 6.92 Å². The van der Waals surface area contributed by atoms with Crippen molar-refractivity contribution in [2.75, 3.05) is 6.54 Å². The van der Waals surface area contributed by atoms with Crippen molar-refractivity contribution in [3.05, 3.63) is 20.9 Å². The predicted molar refractivity (Wildman–Crippen MR) is 78.8 cm³/mol. The zero-order valence-electron chi connectivity index (χ0n) is 11.4. The van der Waals surface area contributed by atoms with Crippen LogP contribution in [0.25, 0.3) is 20.9 Å². The number of ether oxygens (including phenoxy) is 2. The van der Waals surface area contributed by atoms with Gasteiger partial charge in [-0.1, -0.05) is 52.0 Å². The van der Waals surface area contributed by atoms with Crippen molar-refractivity contribution in [3.63, 3.8) is 0 Å². The molecule has 0 aromatic rings. The molecule has 0 saturated carbocycles. The predicted octanol–water partition coefficient (Wildman–Crippen LogP) is 4.34. The molecule has 4 atom stereocenters. The van der Waals surface area contributed by atoms with E-state index in [1.165, 1.54) is 0 Å². The van der Waals surface area contributed by atoms with Crippen molar-refractivity contribution in [1.82, 2.24) is 0 Å². The molecule has 0 spiro atoms. The van der Waals surface area contributed by atoms with Crippen LogP contribution in [0.5, 0.6) is 0 Å². The van der Waals surface area contributed by atoms with Gasteiger partial charge in [-0.25, -0.2) is 8.78 Å². The Morgan fingerprint density at radius 3 is 2.48 bits per heavy atom. The van der Waals surface area contributed by atoms with Gasteiger partial charge in [-0.3, -0.25) is 5.41 Å². The fraction of sp³-hybridized carbons (Fsp3) is 0.889. The quantitative estimate of drug-likeness (QED) is 0.190. The average molecular weight is 393 g/mol. The molecule has 1 aliphatic rings. The van der Waals surface area contributed by atoms with Gasteiger partial charge in [0, 0.05) is 15.7 Å². The molecule has 0 radical (unpaired) electrons. The van der Waals surface area contributed by atoms with Gasteiger partial charge in [0.15, 0.2) is 6.04 Å². The number of rotatable bonds is 4. The Hall–Kier alpha value is -1.22. The van der Waals surface area contributed by atoms with Gasteiger partial charge in [0.2, 0.25) is 12.2 Å². The van der Waals surface area contributed by atoms with Crippen LogP contribution in [0.3, 0.4) is 0 Å². The summed E-state index contributed by atoms with van der Waals surface area (Å²) < 4.78 is 36.5. The molecule has 23 heavy (non-hydrogen) atoms. The lowest BCUT2D eigenvalue weighted by atomic mass is 9.88. The van der Waals surface area contributed by atoms with Gasteiger partial charge >= 0.3 is 0 Å². The molecule has 1 rings (SSSR count). The van der Waals surface area contributed by atoms with Crippen LogP contribution in [0, 0.1) is 11.3 Å². The highest BCUT2D eigenvalue weighted by Gasteiger charge is 2.57. The number of halogens is 5. The molecule has 1 saturated heterocycles. The minimum absolute atomic E-state index is 0.419. The minimum atomic E-state index is -3.57. The number of hydrogen-bond donors (Lipinski definition) is 1. The fourth-order valence-corrected chi connectivity index (χ4v) is 1.98. The third kappa shape index (κ3) is 4.63. The SMILES string of the molecule is C[C@@H]1[C@@H](CN=[N+]=[N-])O[C@@H](OC(=N)C(Cl)(Cl)Cl)[C@H](N=[N+]=[N-])C1(F)F. The first kappa shape index (κ1) is 19.8. The second-order valence-corrected chi connectivity index (χ2v) is 6.80. The number of azide groups is 2. The molecule has 0 bridgehead atoms. The normalized spacial score (nSPS) is 29.8. The van der Waals surface area contributed by atoms with Gasteiger partial charge in [-0.15, -0.1) is 0 Å². The average Bonchev–Trinajstić information content (AvgIpc) is 2.44. The summed E-state index contributed by atoms with van der Waals surface area (Å²) in [5.41, 5.74) is 16.8. The third-order valence-electron chi connectivity index (χ3n) is 3.12. The molecule has 9 nitrogen and oxygen atoms in total. The molecular weight excluding hydrogens is 383 g/mol. The van der Waals surface area contributed by atoms with Crippen LogP contribution in [0.4, 0.5) is 8.78 Å². The van der Waals surface area contributed by atoms with Gasteiger partial charge in [0.1, 0.15) is 0 Å². The highest BCUT2D eigenvalue weighted by atomic mass is 35.6. The summed E-state index contributed by atoms with van der Waals surface area (Å²) in [4.78, 5) is 4.79. The van der Waals surface area contributed by atoms with Crippen LogP contribution in [-0.4, -0.2) is 40.6 Å². The largest absolute Gasteiger partial charge is 0.447 e. The molecule has 1 heterocycles. The van der Waals surface area contributed by atoms with E-state index in [4.69, 9.17) is 60.7 Å². The molecule has 14 heteroatoms. The lowest BCUT2D eigenvalue weighted by Gasteiger charge is -2.43. The highest BCUT2D eigenvalue weighted by Crippen LogP contribution is 2.42. The summed E-state index contributed by atoms with van der Waals surface area (Å²) in [7, 11) is 0. The molecule has 128 valence electrons. The van der Waals surface area contributed by atoms with Crippen molar-refractivity contribution < 1.29 is 18.3 Å². The maximum atomic E-state index is 14.4. The smallest absolute Gasteiger partial charge is 0.267 e. The maximum absolute atomic E-state index is 14.4. The lowest BCUT2D eigenvalue weighted by Crippen LogP contribution is -2.59. The molecule has 0 aromatic heterocycles. The zero-order valence-corrected chi connectivity index (χ0v) is 13.7. The van der Waals surface area contributed by atoms with Crippen molar-refractivity contribution in [1.29, 1.82) is 5.41 Å². The molecule has 0 unspecified atom stereocenters. The summed E-state index contributed by atoms with van der Waals surface area (Å²) in [5.74, 6) is -6.01. The highest BCUT2D eigenvalue weighted by molar-refractivity contribution is 6.76. The molecule has 0 amide bonds. The number of nitrogens with zero attached hydrogens (tertiary/aromatic N) is 6. The van der Waals surface area contributed by atoms with Crippen LogP contribution in [0.2, 0.25) is 0 Å². The van der Waals surface area contributed by atoms with E-state index in [-0.39, 0.29) is 0 Å². The Morgan fingerprint density at radius 1 is 1.39 bits per heavy atom. The first-order valence-electron chi connectivity index (χ1n) is 5.96. The molecule has 1 N–H and O–H groups in total. The molecule has 0 aromatic carbocycles. The van der Waals surface area contributed by atoms with E-state index in [1.807, 2.05) is 0 Å². The second kappa shape index (κ2) is 7.57. The van der Waals surface area contributed by atoms with E-state index in [0.717, 1.165) is 6.92 Å². The second-order valence-electron chi connectivity index (χ2n) is 4.51. The molecule has 1 aliphatic heterocycles. The summed E-state index contributed by atoms with van der Waals surface area (Å²) >= 11 is 16.2. The first-order chi connectivity index (χ1) is 10.6. The zero-order chi connectivity index (χ0) is 17.8. The summed E-state index contributed by atoms with van der Waals surface area (Å²) in [6.45, 7) is 0.713. The van der Waals surface area contributed by atoms with E-state index in [9.17, 15) is 8.78 Å². The summed E-state index contributed by atoms with van der Waals surface area (Å²) in [6.07, 6.45) is -3.14. The van der Waals surface area contributed by atoms with Crippen molar-refractivity contribution in [2.45, 2.75) is 35.1 Å². The van der Waals surface area contributed by atoms with Gasteiger partial charge in [-0.05, 0) is 11.1 Å². The Labute approximate surface area is 143 Å². The Balaban J connectivity index is 3.13. The Bertz CT molecular complexity index is 560. The number of alkyl halides is 5. The van der Waals surface area contributed by atoms with Gasteiger partial charge in [0.05, 0.1) is 12.6 Å². The van der Waals surface area contributed by atoms with Crippen molar-refractivity contribution >= 4 is 40.7 Å².